The van der Waals surface area contributed by atoms with Gasteiger partial charge in [-0.15, -0.1) is 0 Å². The van der Waals surface area contributed by atoms with Crippen molar-refractivity contribution < 1.29 is 19.3 Å². The number of rotatable bonds is 19. The maximum Gasteiger partial charge on any atom is 0.0988 e. The first-order chi connectivity index (χ1) is 40.1. The van der Waals surface area contributed by atoms with Crippen molar-refractivity contribution in [2.24, 2.45) is 0 Å². The summed E-state index contributed by atoms with van der Waals surface area (Å²) in [6.45, 7) is 3.30. The summed E-state index contributed by atoms with van der Waals surface area (Å²) in [6.07, 6.45) is -1.96. The van der Waals surface area contributed by atoms with Gasteiger partial charge in [0.15, 0.2) is 0 Å². The number of hydrogen-bond donors (Lipinski definition) is 1. The van der Waals surface area contributed by atoms with E-state index in [-0.39, 0.29) is 19.3 Å². The van der Waals surface area contributed by atoms with Gasteiger partial charge in [0.1, 0.15) is 0 Å². The van der Waals surface area contributed by atoms with E-state index in [1.165, 1.54) is 75.9 Å². The van der Waals surface area contributed by atoms with Crippen LogP contribution in [0.15, 0.2) is 243 Å². The van der Waals surface area contributed by atoms with Crippen LogP contribution in [0.2, 0.25) is 0 Å². The number of hydrogen-bond acceptors (Lipinski definition) is 4. The third kappa shape index (κ3) is 8.81. The summed E-state index contributed by atoms with van der Waals surface area (Å²) in [5, 5.41) is 24.1. The van der Waals surface area contributed by atoms with Crippen LogP contribution in [-0.4, -0.2) is 72.2 Å². The Morgan fingerprint density at radius 1 is 0.222 bits per heavy atom. The molecule has 5 heterocycles. The lowest BCUT2D eigenvalue weighted by molar-refractivity contribution is -0.101. The molecule has 0 spiro atoms. The summed E-state index contributed by atoms with van der Waals surface area (Å²) >= 11 is 0. The third-order valence-corrected chi connectivity index (χ3v) is 16.9. The summed E-state index contributed by atoms with van der Waals surface area (Å²) in [5.74, 6) is 0. The zero-order valence-electron chi connectivity index (χ0n) is 45.0. The fourth-order valence-corrected chi connectivity index (χ4v) is 13.3. The minimum Gasteiger partial charge on any atom is -0.389 e. The van der Waals surface area contributed by atoms with Crippen LogP contribution in [-0.2, 0) is 46.9 Å². The van der Waals surface area contributed by atoms with Crippen molar-refractivity contribution in [3.8, 4) is 0 Å². The topological polar surface area (TPSA) is 72.6 Å². The standard InChI is InChI=1S/C72H61N5O4/c78-49(41-73-63-31-11-1-21-53(63)54-22-2-12-32-64(54)73)46-79-51(44-76-69-37-17-7-27-59(69)60-28-8-18-38-70(60)76)48-81-52(45-77-71-39-19-9-29-61(71)62-30-10-20-40-72(62)77)47-80-50(42-74-65-33-13-3-23-55(65)56-24-4-14-34-66(56)74)43-75-67-35-15-5-25-57(67)58-26-6-16-36-68(58)75/h1-40,49-52,78H,41-48H2. The van der Waals surface area contributed by atoms with E-state index in [1.807, 2.05) is 0 Å². The molecule has 0 aliphatic heterocycles. The Kier molecular flexibility index (Phi) is 12.7. The van der Waals surface area contributed by atoms with Crippen molar-refractivity contribution in [1.82, 2.24) is 22.8 Å². The quantitative estimate of drug-likeness (QED) is 0.0876. The molecule has 398 valence electrons. The van der Waals surface area contributed by atoms with Gasteiger partial charge in [-0.2, -0.15) is 0 Å². The molecule has 3 unspecified atom stereocenters. The largest absolute Gasteiger partial charge is 0.389 e. The van der Waals surface area contributed by atoms with E-state index >= 15 is 0 Å². The highest BCUT2D eigenvalue weighted by Crippen LogP contribution is 2.35. The number of aliphatic hydroxyl groups is 1. The number of aliphatic hydroxyl groups excluding tert-OH is 1. The van der Waals surface area contributed by atoms with Crippen molar-refractivity contribution in [2.45, 2.75) is 57.1 Å². The minimum atomic E-state index is -0.802. The normalized spacial score (nSPS) is 13.5. The van der Waals surface area contributed by atoms with E-state index in [1.54, 1.807) is 0 Å². The van der Waals surface area contributed by atoms with Gasteiger partial charge in [-0.05, 0) is 60.7 Å². The Morgan fingerprint density at radius 2 is 0.395 bits per heavy atom. The fraction of sp³-hybridized carbons (Fsp3) is 0.167. The second kappa shape index (κ2) is 20.9. The van der Waals surface area contributed by atoms with Crippen molar-refractivity contribution in [3.63, 3.8) is 0 Å². The van der Waals surface area contributed by atoms with Gasteiger partial charge in [0.25, 0.3) is 0 Å². The zero-order valence-corrected chi connectivity index (χ0v) is 45.0. The molecule has 15 rings (SSSR count). The molecule has 3 atom stereocenters. The molecule has 15 aromatic rings. The van der Waals surface area contributed by atoms with Crippen LogP contribution < -0.4 is 0 Å². The van der Waals surface area contributed by atoms with Gasteiger partial charge in [0.2, 0.25) is 0 Å². The smallest absolute Gasteiger partial charge is 0.0988 e. The number of ether oxygens (including phenoxy) is 3. The van der Waals surface area contributed by atoms with Crippen LogP contribution >= 0.6 is 0 Å². The van der Waals surface area contributed by atoms with E-state index in [9.17, 15) is 5.11 Å². The van der Waals surface area contributed by atoms with Crippen molar-refractivity contribution >= 4 is 109 Å². The molecule has 0 bridgehead atoms. The van der Waals surface area contributed by atoms with Crippen LogP contribution in [0.4, 0.5) is 0 Å². The second-order valence-electron chi connectivity index (χ2n) is 21.7. The predicted octanol–water partition coefficient (Wildman–Crippen LogP) is 15.5. The summed E-state index contributed by atoms with van der Waals surface area (Å²) in [6, 6.07) is 86.4. The fourth-order valence-electron chi connectivity index (χ4n) is 13.3. The first-order valence-corrected chi connectivity index (χ1v) is 28.4. The average Bonchev–Trinajstić information content (AvgIpc) is 4.43. The van der Waals surface area contributed by atoms with Gasteiger partial charge in [-0.3, -0.25) is 0 Å². The third-order valence-electron chi connectivity index (χ3n) is 16.9. The minimum absolute atomic E-state index is 0.111. The van der Waals surface area contributed by atoms with Gasteiger partial charge in [-0.1, -0.05) is 182 Å². The first-order valence-electron chi connectivity index (χ1n) is 28.4. The number of fused-ring (bicyclic) bond motifs is 15. The molecule has 81 heavy (non-hydrogen) atoms. The van der Waals surface area contributed by atoms with Gasteiger partial charge in [-0.25, -0.2) is 0 Å². The van der Waals surface area contributed by atoms with Crippen molar-refractivity contribution in [3.05, 3.63) is 243 Å². The molecule has 0 aliphatic rings. The van der Waals surface area contributed by atoms with E-state index in [0.29, 0.717) is 39.3 Å². The van der Waals surface area contributed by atoms with Crippen LogP contribution in [0.3, 0.4) is 0 Å². The Bertz CT molecular complexity index is 4410. The van der Waals surface area contributed by atoms with E-state index in [0.717, 1.165) is 33.1 Å². The maximum absolute atomic E-state index is 12.1. The second-order valence-corrected chi connectivity index (χ2v) is 21.7. The predicted molar refractivity (Wildman–Crippen MR) is 332 cm³/mol. The molecule has 0 radical (unpaired) electrons. The summed E-state index contributed by atoms with van der Waals surface area (Å²) in [5.41, 5.74) is 11.4. The number of aromatic nitrogens is 5. The number of benzene rings is 10. The molecule has 5 aromatic heterocycles. The SMILES string of the molecule is OC(COC(COC(COC(Cn1c2ccccc2c2ccccc21)Cn1c2ccccc2c2ccccc21)Cn1c2ccccc2c2ccccc21)Cn1c2ccccc2c2ccccc21)Cn1c2ccccc2c2ccccc21. The molecule has 9 heteroatoms. The molecule has 0 fully saturated rings. The molecule has 9 nitrogen and oxygen atoms in total. The highest BCUT2D eigenvalue weighted by Gasteiger charge is 2.26. The maximum atomic E-state index is 12.1. The first kappa shape index (κ1) is 49.1. The summed E-state index contributed by atoms with van der Waals surface area (Å²) < 4.78 is 33.9. The molecule has 0 saturated carbocycles. The van der Waals surface area contributed by atoms with Crippen LogP contribution in [0.25, 0.3) is 109 Å². The molecule has 10 aromatic carbocycles. The van der Waals surface area contributed by atoms with E-state index in [4.69, 9.17) is 14.2 Å². The van der Waals surface area contributed by atoms with Gasteiger partial charge in [0, 0.05) is 109 Å². The van der Waals surface area contributed by atoms with Gasteiger partial charge >= 0.3 is 0 Å². The van der Waals surface area contributed by atoms with Crippen LogP contribution in [0.5, 0.6) is 0 Å². The molecule has 0 amide bonds. The highest BCUT2D eigenvalue weighted by molar-refractivity contribution is 6.11. The van der Waals surface area contributed by atoms with Crippen molar-refractivity contribution in [2.75, 3.05) is 19.8 Å². The Hall–Kier alpha value is -8.96. The lowest BCUT2D eigenvalue weighted by atomic mass is 10.2. The zero-order chi connectivity index (χ0) is 53.8. The highest BCUT2D eigenvalue weighted by atomic mass is 16.6. The Balaban J connectivity index is 0.804. The van der Waals surface area contributed by atoms with E-state index in [2.05, 4.69) is 265 Å². The summed E-state index contributed by atoms with van der Waals surface area (Å²) in [7, 11) is 0. The molecule has 0 aliphatic carbocycles. The van der Waals surface area contributed by atoms with Gasteiger partial charge in [0.05, 0.1) is 77.0 Å². The molecular weight excluding hydrogens is 999 g/mol. The lowest BCUT2D eigenvalue weighted by Crippen LogP contribution is -2.36. The molecular formula is C72H61N5O4. The van der Waals surface area contributed by atoms with E-state index < -0.39 is 18.3 Å². The summed E-state index contributed by atoms with van der Waals surface area (Å²) in [4.78, 5) is 0. The number of para-hydroxylation sites is 10. The molecule has 1 N–H and O–H groups in total. The lowest BCUT2D eigenvalue weighted by Gasteiger charge is -2.28. The number of nitrogens with zero attached hydrogens (tertiary/aromatic N) is 5. The Labute approximate surface area is 468 Å². The average molecular weight is 1060 g/mol. The van der Waals surface area contributed by atoms with Crippen molar-refractivity contribution in [1.29, 1.82) is 0 Å². The van der Waals surface area contributed by atoms with Crippen LogP contribution in [0, 0.1) is 0 Å². The van der Waals surface area contributed by atoms with Gasteiger partial charge < -0.3 is 42.2 Å². The Morgan fingerprint density at radius 3 is 0.630 bits per heavy atom. The monoisotopic (exact) mass is 1060 g/mol. The van der Waals surface area contributed by atoms with Crippen LogP contribution in [0.1, 0.15) is 0 Å². The molecule has 0 saturated heterocycles.